The number of carbonyl (C=O) groups is 2. The second kappa shape index (κ2) is 6.73. The molecule has 5 heteroatoms. The fourth-order valence-corrected chi connectivity index (χ4v) is 2.11. The highest BCUT2D eigenvalue weighted by molar-refractivity contribution is 5.89. The predicted octanol–water partition coefficient (Wildman–Crippen LogP) is 0.378. The van der Waals surface area contributed by atoms with E-state index in [0.29, 0.717) is 31.8 Å². The third-order valence-electron chi connectivity index (χ3n) is 3.03. The summed E-state index contributed by atoms with van der Waals surface area (Å²) in [6.45, 7) is 7.52. The summed E-state index contributed by atoms with van der Waals surface area (Å²) in [7, 11) is 0. The third kappa shape index (κ3) is 4.64. The van der Waals surface area contributed by atoms with Gasteiger partial charge in [0.2, 0.25) is 11.8 Å². The van der Waals surface area contributed by atoms with Crippen LogP contribution in [0.3, 0.4) is 0 Å². The Morgan fingerprint density at radius 2 is 2.17 bits per heavy atom. The number of hydrogen-bond acceptors (Lipinski definition) is 3. The van der Waals surface area contributed by atoms with Crippen LogP contribution >= 0.6 is 0 Å². The Kier molecular flexibility index (Phi) is 5.59. The van der Waals surface area contributed by atoms with Crippen LogP contribution in [-0.2, 0) is 9.59 Å². The van der Waals surface area contributed by atoms with Gasteiger partial charge in [0.1, 0.15) is 0 Å². The van der Waals surface area contributed by atoms with Gasteiger partial charge in [-0.05, 0) is 19.3 Å². The Balaban J connectivity index is 2.35. The van der Waals surface area contributed by atoms with E-state index in [-0.39, 0.29) is 17.7 Å². The van der Waals surface area contributed by atoms with Gasteiger partial charge < -0.3 is 15.3 Å². The van der Waals surface area contributed by atoms with Crippen molar-refractivity contribution in [2.75, 3.05) is 19.6 Å². The molecule has 0 spiro atoms. The Labute approximate surface area is 109 Å². The molecule has 18 heavy (non-hydrogen) atoms. The van der Waals surface area contributed by atoms with Crippen LogP contribution in [0.25, 0.3) is 0 Å². The number of hydrogen-bond donors (Lipinski definition) is 2. The van der Waals surface area contributed by atoms with Crippen molar-refractivity contribution >= 4 is 11.8 Å². The van der Waals surface area contributed by atoms with E-state index >= 15 is 0 Å². The lowest BCUT2D eigenvalue weighted by Gasteiger charge is -2.18. The van der Waals surface area contributed by atoms with Crippen molar-refractivity contribution < 1.29 is 14.7 Å². The van der Waals surface area contributed by atoms with Crippen molar-refractivity contribution in [3.05, 3.63) is 0 Å². The van der Waals surface area contributed by atoms with Crippen molar-refractivity contribution in [2.45, 2.75) is 39.7 Å². The molecule has 0 aromatic carbocycles. The maximum atomic E-state index is 11.8. The second-order valence-corrected chi connectivity index (χ2v) is 5.52. The molecule has 1 aliphatic heterocycles. The minimum absolute atomic E-state index is 0.0689. The maximum Gasteiger partial charge on any atom is 0.225 e. The van der Waals surface area contributed by atoms with Gasteiger partial charge in [-0.3, -0.25) is 9.59 Å². The minimum atomic E-state index is -0.409. The van der Waals surface area contributed by atoms with E-state index in [1.165, 1.54) is 0 Å². The number of aliphatic hydroxyl groups is 1. The number of rotatable bonds is 6. The van der Waals surface area contributed by atoms with E-state index < -0.39 is 6.10 Å². The molecule has 0 aromatic rings. The van der Waals surface area contributed by atoms with Crippen molar-refractivity contribution in [1.82, 2.24) is 10.2 Å². The smallest absolute Gasteiger partial charge is 0.225 e. The Hall–Kier alpha value is -1.10. The monoisotopic (exact) mass is 256 g/mol. The van der Waals surface area contributed by atoms with Crippen LogP contribution < -0.4 is 5.32 Å². The van der Waals surface area contributed by atoms with E-state index in [0.717, 1.165) is 6.54 Å². The number of carbonyl (C=O) groups excluding carboxylic acids is 2. The van der Waals surface area contributed by atoms with Gasteiger partial charge in [-0.2, -0.15) is 0 Å². The van der Waals surface area contributed by atoms with Crippen LogP contribution in [0.1, 0.15) is 33.6 Å². The third-order valence-corrected chi connectivity index (χ3v) is 3.03. The zero-order valence-electron chi connectivity index (χ0n) is 11.5. The van der Waals surface area contributed by atoms with Crippen LogP contribution in [0.5, 0.6) is 0 Å². The molecule has 1 aliphatic rings. The molecule has 0 aliphatic carbocycles. The zero-order chi connectivity index (χ0) is 13.7. The molecule has 0 bridgehead atoms. The first-order valence-corrected chi connectivity index (χ1v) is 6.63. The van der Waals surface area contributed by atoms with Crippen LogP contribution in [0, 0.1) is 11.8 Å². The maximum absolute atomic E-state index is 11.8. The molecule has 0 saturated carbocycles. The SMILES string of the molecule is CC(C)CN1CC(C(=O)NCCC(C)O)CC1=O. The molecule has 1 fully saturated rings. The average Bonchev–Trinajstić information content (AvgIpc) is 2.59. The van der Waals surface area contributed by atoms with Crippen molar-refractivity contribution in [2.24, 2.45) is 11.8 Å². The standard InChI is InChI=1S/C13H24N2O3/c1-9(2)7-15-8-11(6-12(15)17)13(18)14-5-4-10(3)16/h9-11,16H,4-8H2,1-3H3,(H,14,18). The minimum Gasteiger partial charge on any atom is -0.393 e. The van der Waals surface area contributed by atoms with Gasteiger partial charge in [-0.25, -0.2) is 0 Å². The molecule has 0 aromatic heterocycles. The molecule has 1 saturated heterocycles. The molecule has 1 heterocycles. The number of amides is 2. The topological polar surface area (TPSA) is 69.6 Å². The lowest BCUT2D eigenvalue weighted by molar-refractivity contribution is -0.129. The van der Waals surface area contributed by atoms with Crippen LogP contribution in [0.15, 0.2) is 0 Å². The molecule has 2 N–H and O–H groups in total. The number of nitrogens with zero attached hydrogens (tertiary/aromatic N) is 1. The summed E-state index contributed by atoms with van der Waals surface area (Å²) < 4.78 is 0. The van der Waals surface area contributed by atoms with Gasteiger partial charge in [0.05, 0.1) is 12.0 Å². The first-order chi connectivity index (χ1) is 8.40. The van der Waals surface area contributed by atoms with E-state index in [4.69, 9.17) is 5.11 Å². The predicted molar refractivity (Wildman–Crippen MR) is 68.8 cm³/mol. The lowest BCUT2D eigenvalue weighted by atomic mass is 10.1. The van der Waals surface area contributed by atoms with Gasteiger partial charge in [-0.1, -0.05) is 13.8 Å². The fraction of sp³-hybridized carbons (Fsp3) is 0.846. The van der Waals surface area contributed by atoms with Gasteiger partial charge >= 0.3 is 0 Å². The van der Waals surface area contributed by atoms with Crippen molar-refractivity contribution in [3.63, 3.8) is 0 Å². The molecular weight excluding hydrogens is 232 g/mol. The summed E-state index contributed by atoms with van der Waals surface area (Å²) in [4.78, 5) is 25.3. The van der Waals surface area contributed by atoms with E-state index in [2.05, 4.69) is 19.2 Å². The summed E-state index contributed by atoms with van der Waals surface area (Å²) in [5.74, 6) is 0.186. The number of aliphatic hydroxyl groups excluding tert-OH is 1. The van der Waals surface area contributed by atoms with E-state index in [9.17, 15) is 9.59 Å². The van der Waals surface area contributed by atoms with Gasteiger partial charge in [0, 0.05) is 26.1 Å². The normalized spacial score (nSPS) is 21.5. The molecular formula is C13H24N2O3. The van der Waals surface area contributed by atoms with E-state index in [1.807, 2.05) is 0 Å². The van der Waals surface area contributed by atoms with Gasteiger partial charge in [-0.15, -0.1) is 0 Å². The Bertz CT molecular complexity index is 303. The number of nitrogens with one attached hydrogen (secondary N) is 1. The lowest BCUT2D eigenvalue weighted by Crippen LogP contribution is -2.35. The molecule has 0 radical (unpaired) electrons. The van der Waals surface area contributed by atoms with Crippen molar-refractivity contribution in [1.29, 1.82) is 0 Å². The number of likely N-dealkylation sites (tertiary alicyclic amines) is 1. The summed E-state index contributed by atoms with van der Waals surface area (Å²) in [6, 6.07) is 0. The first-order valence-electron chi connectivity index (χ1n) is 6.63. The second-order valence-electron chi connectivity index (χ2n) is 5.52. The van der Waals surface area contributed by atoms with E-state index in [1.54, 1.807) is 11.8 Å². The molecule has 5 nitrogen and oxygen atoms in total. The highest BCUT2D eigenvalue weighted by Gasteiger charge is 2.34. The zero-order valence-corrected chi connectivity index (χ0v) is 11.5. The summed E-state index contributed by atoms with van der Waals surface area (Å²) in [5, 5.41) is 11.9. The largest absolute Gasteiger partial charge is 0.393 e. The highest BCUT2D eigenvalue weighted by Crippen LogP contribution is 2.19. The molecule has 1 rings (SSSR count). The van der Waals surface area contributed by atoms with Gasteiger partial charge in [0.25, 0.3) is 0 Å². The summed E-state index contributed by atoms with van der Waals surface area (Å²) >= 11 is 0. The van der Waals surface area contributed by atoms with Gasteiger partial charge in [0.15, 0.2) is 0 Å². The highest BCUT2D eigenvalue weighted by atomic mass is 16.3. The van der Waals surface area contributed by atoms with Crippen LogP contribution in [0.2, 0.25) is 0 Å². The van der Waals surface area contributed by atoms with Crippen LogP contribution in [-0.4, -0.2) is 47.6 Å². The Morgan fingerprint density at radius 1 is 1.50 bits per heavy atom. The molecule has 104 valence electrons. The van der Waals surface area contributed by atoms with Crippen molar-refractivity contribution in [3.8, 4) is 0 Å². The summed E-state index contributed by atoms with van der Waals surface area (Å²) in [5.41, 5.74) is 0. The molecule has 2 amide bonds. The Morgan fingerprint density at radius 3 is 2.72 bits per heavy atom. The summed E-state index contributed by atoms with van der Waals surface area (Å²) in [6.07, 6.45) is 0.447. The van der Waals surface area contributed by atoms with Crippen LogP contribution in [0.4, 0.5) is 0 Å². The average molecular weight is 256 g/mol. The quantitative estimate of drug-likeness (QED) is 0.722. The molecule has 2 unspecified atom stereocenters. The fourth-order valence-electron chi connectivity index (χ4n) is 2.11. The molecule has 2 atom stereocenters. The first kappa shape index (κ1) is 15.0.